The fraction of sp³-hybridized carbons (Fsp3) is 0.500. The Morgan fingerprint density at radius 3 is 2.33 bits per heavy atom. The van der Waals surface area contributed by atoms with E-state index in [1.54, 1.807) is 31.2 Å². The summed E-state index contributed by atoms with van der Waals surface area (Å²) in [4.78, 5) is 25.8. The lowest BCUT2D eigenvalue weighted by molar-refractivity contribution is -0.117. The number of carbonyl (C=O) groups excluding carboxylic acids is 2. The molecule has 5 heteroatoms. The molecule has 0 spiro atoms. The summed E-state index contributed by atoms with van der Waals surface area (Å²) in [6.45, 7) is 5.49. The van der Waals surface area contributed by atoms with Crippen molar-refractivity contribution in [2.24, 2.45) is 11.7 Å². The predicted molar refractivity (Wildman–Crippen MR) is 83.0 cm³/mol. The Kier molecular flexibility index (Phi) is 4.96. The molecule has 5 nitrogen and oxygen atoms in total. The number of nitrogens with two attached hydrogens (primary N) is 1. The number of piperidine rings is 1. The molecule has 0 aliphatic carbocycles. The third-order valence-corrected chi connectivity index (χ3v) is 3.88. The molecule has 21 heavy (non-hydrogen) atoms. The fourth-order valence-electron chi connectivity index (χ4n) is 2.35. The average Bonchev–Trinajstić information content (AvgIpc) is 2.48. The topological polar surface area (TPSA) is 75.4 Å². The van der Waals surface area contributed by atoms with Gasteiger partial charge in [0.15, 0.2) is 0 Å². The van der Waals surface area contributed by atoms with Gasteiger partial charge < -0.3 is 16.0 Å². The van der Waals surface area contributed by atoms with Crippen molar-refractivity contribution in [1.82, 2.24) is 4.90 Å². The lowest BCUT2D eigenvalue weighted by Gasteiger charge is -2.30. The molecule has 2 rings (SSSR count). The van der Waals surface area contributed by atoms with Gasteiger partial charge in [-0.05, 0) is 49.9 Å². The first-order chi connectivity index (χ1) is 9.97. The zero-order chi connectivity index (χ0) is 15.4. The van der Waals surface area contributed by atoms with E-state index in [2.05, 4.69) is 12.2 Å². The monoisotopic (exact) mass is 289 g/mol. The molecule has 1 atom stereocenters. The van der Waals surface area contributed by atoms with Gasteiger partial charge in [-0.1, -0.05) is 6.92 Å². The summed E-state index contributed by atoms with van der Waals surface area (Å²) in [7, 11) is 0. The molecule has 0 bridgehead atoms. The third-order valence-electron chi connectivity index (χ3n) is 3.88. The van der Waals surface area contributed by atoms with E-state index in [1.165, 1.54) is 0 Å². The van der Waals surface area contributed by atoms with Crippen molar-refractivity contribution >= 4 is 17.5 Å². The van der Waals surface area contributed by atoms with E-state index < -0.39 is 6.04 Å². The van der Waals surface area contributed by atoms with Crippen LogP contribution >= 0.6 is 0 Å². The molecule has 114 valence electrons. The number of nitrogens with zero attached hydrogens (tertiary/aromatic N) is 1. The predicted octanol–water partition coefficient (Wildman–Crippen LogP) is 1.84. The van der Waals surface area contributed by atoms with Crippen molar-refractivity contribution in [3.8, 4) is 0 Å². The summed E-state index contributed by atoms with van der Waals surface area (Å²) in [5.74, 6) is 0.524. The van der Waals surface area contributed by atoms with E-state index in [1.807, 2.05) is 4.90 Å². The molecule has 3 N–H and O–H groups in total. The van der Waals surface area contributed by atoms with E-state index in [0.29, 0.717) is 17.2 Å². The number of hydrogen-bond donors (Lipinski definition) is 2. The lowest BCUT2D eigenvalue weighted by atomic mass is 9.98. The maximum Gasteiger partial charge on any atom is 0.253 e. The second-order valence-corrected chi connectivity index (χ2v) is 5.83. The summed E-state index contributed by atoms with van der Waals surface area (Å²) >= 11 is 0. The van der Waals surface area contributed by atoms with Crippen LogP contribution in [0.5, 0.6) is 0 Å². The zero-order valence-electron chi connectivity index (χ0n) is 12.6. The van der Waals surface area contributed by atoms with Crippen molar-refractivity contribution in [3.63, 3.8) is 0 Å². The summed E-state index contributed by atoms with van der Waals surface area (Å²) < 4.78 is 0. The molecular weight excluding hydrogens is 266 g/mol. The number of likely N-dealkylation sites (tertiary alicyclic amines) is 1. The van der Waals surface area contributed by atoms with Gasteiger partial charge in [-0.2, -0.15) is 0 Å². The van der Waals surface area contributed by atoms with Crippen molar-refractivity contribution in [1.29, 1.82) is 0 Å². The number of nitrogens with one attached hydrogen (secondary N) is 1. The standard InChI is InChI=1S/C16H23N3O2/c1-11-7-9-19(10-8-11)16(21)13-3-5-14(6-4-13)18-15(20)12(2)17/h3-6,11-12H,7-10,17H2,1-2H3,(H,18,20)/t12-/m0/s1. The molecule has 0 saturated carbocycles. The van der Waals surface area contributed by atoms with Crippen LogP contribution in [0.15, 0.2) is 24.3 Å². The van der Waals surface area contributed by atoms with Crippen LogP contribution in [0.3, 0.4) is 0 Å². The molecule has 0 aromatic heterocycles. The molecule has 1 aliphatic rings. The van der Waals surface area contributed by atoms with Gasteiger partial charge >= 0.3 is 0 Å². The van der Waals surface area contributed by atoms with Gasteiger partial charge in [0.1, 0.15) is 0 Å². The molecular formula is C16H23N3O2. The van der Waals surface area contributed by atoms with Crippen LogP contribution < -0.4 is 11.1 Å². The van der Waals surface area contributed by atoms with Crippen LogP contribution in [0.1, 0.15) is 37.0 Å². The Morgan fingerprint density at radius 2 is 1.81 bits per heavy atom. The largest absolute Gasteiger partial charge is 0.339 e. The number of benzene rings is 1. The SMILES string of the molecule is CC1CCN(C(=O)c2ccc(NC(=O)[C@H](C)N)cc2)CC1. The number of rotatable bonds is 3. The highest BCUT2D eigenvalue weighted by Gasteiger charge is 2.21. The Bertz CT molecular complexity index is 503. The van der Waals surface area contributed by atoms with Gasteiger partial charge in [0.2, 0.25) is 5.91 Å². The highest BCUT2D eigenvalue weighted by Crippen LogP contribution is 2.19. The number of hydrogen-bond acceptors (Lipinski definition) is 3. The Morgan fingerprint density at radius 1 is 1.24 bits per heavy atom. The number of carbonyl (C=O) groups is 2. The maximum absolute atomic E-state index is 12.4. The summed E-state index contributed by atoms with van der Waals surface area (Å²) in [6, 6.07) is 6.41. The maximum atomic E-state index is 12.4. The van der Waals surface area contributed by atoms with Crippen molar-refractivity contribution < 1.29 is 9.59 Å². The molecule has 2 amide bonds. The minimum absolute atomic E-state index is 0.0620. The van der Waals surface area contributed by atoms with Crippen LogP contribution in [0.2, 0.25) is 0 Å². The van der Waals surface area contributed by atoms with E-state index >= 15 is 0 Å². The first kappa shape index (κ1) is 15.5. The minimum Gasteiger partial charge on any atom is -0.339 e. The Hall–Kier alpha value is -1.88. The highest BCUT2D eigenvalue weighted by molar-refractivity contribution is 5.97. The van der Waals surface area contributed by atoms with E-state index in [4.69, 9.17) is 5.73 Å². The van der Waals surface area contributed by atoms with Gasteiger partial charge in [0, 0.05) is 24.3 Å². The first-order valence-corrected chi connectivity index (χ1v) is 7.43. The molecule has 1 fully saturated rings. The molecule has 1 aliphatic heterocycles. The zero-order valence-corrected chi connectivity index (χ0v) is 12.6. The summed E-state index contributed by atoms with van der Waals surface area (Å²) in [5, 5.41) is 2.70. The molecule has 1 heterocycles. The Balaban J connectivity index is 1.98. The molecule has 0 unspecified atom stereocenters. The summed E-state index contributed by atoms with van der Waals surface area (Å²) in [6.07, 6.45) is 2.13. The van der Waals surface area contributed by atoms with Gasteiger partial charge in [0.05, 0.1) is 6.04 Å². The third kappa shape index (κ3) is 4.04. The highest BCUT2D eigenvalue weighted by atomic mass is 16.2. The van der Waals surface area contributed by atoms with Crippen LogP contribution in [-0.4, -0.2) is 35.8 Å². The normalized spacial score (nSPS) is 17.4. The molecule has 1 aromatic carbocycles. The van der Waals surface area contributed by atoms with Gasteiger partial charge in [-0.3, -0.25) is 9.59 Å². The van der Waals surface area contributed by atoms with Gasteiger partial charge in [-0.15, -0.1) is 0 Å². The van der Waals surface area contributed by atoms with Crippen LogP contribution in [0, 0.1) is 5.92 Å². The number of amides is 2. The first-order valence-electron chi connectivity index (χ1n) is 7.43. The lowest BCUT2D eigenvalue weighted by Crippen LogP contribution is -2.37. The van der Waals surface area contributed by atoms with E-state index in [0.717, 1.165) is 25.9 Å². The smallest absolute Gasteiger partial charge is 0.253 e. The summed E-state index contributed by atoms with van der Waals surface area (Å²) in [5.41, 5.74) is 6.81. The van der Waals surface area contributed by atoms with Crippen LogP contribution in [-0.2, 0) is 4.79 Å². The van der Waals surface area contributed by atoms with Crippen molar-refractivity contribution in [3.05, 3.63) is 29.8 Å². The average molecular weight is 289 g/mol. The van der Waals surface area contributed by atoms with Crippen LogP contribution in [0.4, 0.5) is 5.69 Å². The van der Waals surface area contributed by atoms with Gasteiger partial charge in [-0.25, -0.2) is 0 Å². The van der Waals surface area contributed by atoms with E-state index in [9.17, 15) is 9.59 Å². The number of anilines is 1. The van der Waals surface area contributed by atoms with Crippen LogP contribution in [0.25, 0.3) is 0 Å². The molecule has 1 saturated heterocycles. The fourth-order valence-corrected chi connectivity index (χ4v) is 2.35. The second-order valence-electron chi connectivity index (χ2n) is 5.83. The molecule has 0 radical (unpaired) electrons. The Labute approximate surface area is 125 Å². The second kappa shape index (κ2) is 6.72. The van der Waals surface area contributed by atoms with E-state index in [-0.39, 0.29) is 11.8 Å². The minimum atomic E-state index is -0.554. The van der Waals surface area contributed by atoms with Crippen molar-refractivity contribution in [2.45, 2.75) is 32.7 Å². The quantitative estimate of drug-likeness (QED) is 0.891. The van der Waals surface area contributed by atoms with Crippen molar-refractivity contribution in [2.75, 3.05) is 18.4 Å². The van der Waals surface area contributed by atoms with Gasteiger partial charge in [0.25, 0.3) is 5.91 Å². The molecule has 1 aromatic rings.